The highest BCUT2D eigenvalue weighted by Crippen LogP contribution is 2.23. The first kappa shape index (κ1) is 18.2. The normalized spacial score (nSPS) is 16.9. The Morgan fingerprint density at radius 3 is 2.86 bits per heavy atom. The number of aromatic carboxylic acids is 1. The molecule has 3 aromatic rings. The molecule has 1 aliphatic rings. The summed E-state index contributed by atoms with van der Waals surface area (Å²) in [5, 5.41) is 18.2. The zero-order chi connectivity index (χ0) is 19.7. The van der Waals surface area contributed by atoms with Gasteiger partial charge in [-0.2, -0.15) is 10.2 Å². The Labute approximate surface area is 165 Å². The first-order chi connectivity index (χ1) is 13.5. The SMILES string of the molecule is O=C(O)c1cnn([C@H]2CCCN(C(=O)c3ccn(-c4cccc(Cl)c4)n3)C2)c1. The fourth-order valence-corrected chi connectivity index (χ4v) is 3.55. The molecular weight excluding hydrogens is 382 g/mol. The van der Waals surface area contributed by atoms with Crippen LogP contribution >= 0.6 is 11.6 Å². The molecule has 1 fully saturated rings. The highest BCUT2D eigenvalue weighted by Gasteiger charge is 2.27. The summed E-state index contributed by atoms with van der Waals surface area (Å²) in [5.41, 5.74) is 1.27. The molecule has 9 heteroatoms. The zero-order valence-electron chi connectivity index (χ0n) is 14.9. The molecule has 28 heavy (non-hydrogen) atoms. The predicted molar refractivity (Wildman–Crippen MR) is 102 cm³/mol. The number of hydrogen-bond donors (Lipinski definition) is 1. The lowest BCUT2D eigenvalue weighted by Gasteiger charge is -2.32. The van der Waals surface area contributed by atoms with Gasteiger partial charge in [-0.15, -0.1) is 0 Å². The Balaban J connectivity index is 1.49. The molecule has 0 aliphatic carbocycles. The van der Waals surface area contributed by atoms with Crippen molar-refractivity contribution in [2.75, 3.05) is 13.1 Å². The molecule has 1 atom stereocenters. The quantitative estimate of drug-likeness (QED) is 0.728. The van der Waals surface area contributed by atoms with Crippen molar-refractivity contribution in [2.45, 2.75) is 18.9 Å². The Hall–Kier alpha value is -3.13. The minimum Gasteiger partial charge on any atom is -0.478 e. The van der Waals surface area contributed by atoms with E-state index in [1.807, 2.05) is 12.1 Å². The minimum absolute atomic E-state index is 0.0548. The third-order valence-corrected chi connectivity index (χ3v) is 5.02. The highest BCUT2D eigenvalue weighted by molar-refractivity contribution is 6.30. The van der Waals surface area contributed by atoms with E-state index in [1.54, 1.807) is 38.7 Å². The largest absolute Gasteiger partial charge is 0.478 e. The van der Waals surface area contributed by atoms with Gasteiger partial charge in [-0.05, 0) is 37.1 Å². The molecule has 8 nitrogen and oxygen atoms in total. The van der Waals surface area contributed by atoms with E-state index < -0.39 is 5.97 Å². The summed E-state index contributed by atoms with van der Waals surface area (Å²) in [4.78, 5) is 25.7. The van der Waals surface area contributed by atoms with Crippen molar-refractivity contribution in [3.63, 3.8) is 0 Å². The molecule has 4 rings (SSSR count). The van der Waals surface area contributed by atoms with Crippen LogP contribution in [0.4, 0.5) is 0 Å². The Morgan fingerprint density at radius 1 is 1.25 bits per heavy atom. The van der Waals surface area contributed by atoms with E-state index in [1.165, 1.54) is 12.4 Å². The van der Waals surface area contributed by atoms with Crippen molar-refractivity contribution in [2.24, 2.45) is 0 Å². The maximum absolute atomic E-state index is 12.9. The monoisotopic (exact) mass is 399 g/mol. The zero-order valence-corrected chi connectivity index (χ0v) is 15.7. The van der Waals surface area contributed by atoms with E-state index in [2.05, 4.69) is 10.2 Å². The van der Waals surface area contributed by atoms with Crippen LogP contribution in [0.15, 0.2) is 48.9 Å². The fourth-order valence-electron chi connectivity index (χ4n) is 3.37. The van der Waals surface area contributed by atoms with Crippen LogP contribution < -0.4 is 0 Å². The average molecular weight is 400 g/mol. The Morgan fingerprint density at radius 2 is 2.11 bits per heavy atom. The van der Waals surface area contributed by atoms with Gasteiger partial charge in [-0.3, -0.25) is 9.48 Å². The molecule has 0 bridgehead atoms. The van der Waals surface area contributed by atoms with E-state index in [0.717, 1.165) is 18.5 Å². The van der Waals surface area contributed by atoms with Gasteiger partial charge in [-0.1, -0.05) is 17.7 Å². The number of likely N-dealkylation sites (tertiary alicyclic amines) is 1. The number of amides is 1. The first-order valence-corrected chi connectivity index (χ1v) is 9.27. The summed E-state index contributed by atoms with van der Waals surface area (Å²) < 4.78 is 3.25. The molecule has 0 radical (unpaired) electrons. The fraction of sp³-hybridized carbons (Fsp3) is 0.263. The van der Waals surface area contributed by atoms with Gasteiger partial charge in [0.2, 0.25) is 0 Å². The van der Waals surface area contributed by atoms with Crippen LogP contribution in [-0.4, -0.2) is 54.5 Å². The summed E-state index contributed by atoms with van der Waals surface area (Å²) in [5.74, 6) is -1.17. The third-order valence-electron chi connectivity index (χ3n) is 4.79. The average Bonchev–Trinajstić information content (AvgIpc) is 3.38. The van der Waals surface area contributed by atoms with Crippen molar-refractivity contribution in [3.8, 4) is 5.69 Å². The van der Waals surface area contributed by atoms with Crippen molar-refractivity contribution >= 4 is 23.5 Å². The molecule has 1 aliphatic heterocycles. The molecule has 1 aromatic carbocycles. The maximum atomic E-state index is 12.9. The van der Waals surface area contributed by atoms with Gasteiger partial charge in [-0.25, -0.2) is 9.48 Å². The van der Waals surface area contributed by atoms with E-state index in [9.17, 15) is 9.59 Å². The number of carbonyl (C=O) groups excluding carboxylic acids is 1. The van der Waals surface area contributed by atoms with Gasteiger partial charge < -0.3 is 10.0 Å². The standard InChI is InChI=1S/C19H18ClN5O3/c20-14-3-1-4-15(9-14)24-8-6-17(22-24)18(26)23-7-2-5-16(12-23)25-11-13(10-21-25)19(27)28/h1,3-4,6,8-11,16H,2,5,7,12H2,(H,27,28)/t16-/m0/s1. The van der Waals surface area contributed by atoms with E-state index in [0.29, 0.717) is 23.8 Å². The molecule has 1 amide bonds. The lowest BCUT2D eigenvalue weighted by Crippen LogP contribution is -2.41. The number of piperidine rings is 1. The molecule has 0 spiro atoms. The Bertz CT molecular complexity index is 1030. The summed E-state index contributed by atoms with van der Waals surface area (Å²) >= 11 is 6.02. The summed E-state index contributed by atoms with van der Waals surface area (Å²) in [6, 6.07) is 8.87. The van der Waals surface area contributed by atoms with Crippen LogP contribution in [-0.2, 0) is 0 Å². The number of halogens is 1. The van der Waals surface area contributed by atoms with Crippen LogP contribution in [0.5, 0.6) is 0 Å². The van der Waals surface area contributed by atoms with Gasteiger partial charge >= 0.3 is 5.97 Å². The van der Waals surface area contributed by atoms with Gasteiger partial charge in [0.1, 0.15) is 0 Å². The summed E-state index contributed by atoms with van der Waals surface area (Å²) in [7, 11) is 0. The number of benzene rings is 1. The number of carboxylic acids is 1. The molecular formula is C19H18ClN5O3. The van der Waals surface area contributed by atoms with Crippen molar-refractivity contribution in [1.29, 1.82) is 0 Å². The molecule has 1 N–H and O–H groups in total. The van der Waals surface area contributed by atoms with Crippen LogP contribution in [0.3, 0.4) is 0 Å². The van der Waals surface area contributed by atoms with Crippen molar-refractivity contribution < 1.29 is 14.7 Å². The second kappa shape index (κ2) is 7.47. The molecule has 0 unspecified atom stereocenters. The van der Waals surface area contributed by atoms with Crippen LogP contribution in [0.25, 0.3) is 5.69 Å². The maximum Gasteiger partial charge on any atom is 0.338 e. The number of aromatic nitrogens is 4. The Kier molecular flexibility index (Phi) is 4.87. The topological polar surface area (TPSA) is 93.3 Å². The van der Waals surface area contributed by atoms with E-state index in [-0.39, 0.29) is 17.5 Å². The summed E-state index contributed by atoms with van der Waals surface area (Å²) in [6.07, 6.45) is 6.21. The number of carbonyl (C=O) groups is 2. The van der Waals surface area contributed by atoms with Gasteiger partial charge in [0.15, 0.2) is 5.69 Å². The van der Waals surface area contributed by atoms with Gasteiger partial charge in [0, 0.05) is 30.5 Å². The molecule has 0 saturated carbocycles. The lowest BCUT2D eigenvalue weighted by atomic mass is 10.1. The van der Waals surface area contributed by atoms with Gasteiger partial charge in [0.05, 0.1) is 23.5 Å². The highest BCUT2D eigenvalue weighted by atomic mass is 35.5. The van der Waals surface area contributed by atoms with Crippen LogP contribution in [0.1, 0.15) is 39.7 Å². The van der Waals surface area contributed by atoms with Crippen LogP contribution in [0.2, 0.25) is 5.02 Å². The van der Waals surface area contributed by atoms with Crippen molar-refractivity contribution in [3.05, 3.63) is 65.2 Å². The smallest absolute Gasteiger partial charge is 0.338 e. The van der Waals surface area contributed by atoms with E-state index in [4.69, 9.17) is 16.7 Å². The van der Waals surface area contributed by atoms with Gasteiger partial charge in [0.25, 0.3) is 5.91 Å². The number of carboxylic acid groups (broad SMARTS) is 1. The minimum atomic E-state index is -1.01. The third kappa shape index (κ3) is 3.63. The number of rotatable bonds is 4. The second-order valence-corrected chi connectivity index (χ2v) is 7.12. The first-order valence-electron chi connectivity index (χ1n) is 8.89. The van der Waals surface area contributed by atoms with E-state index >= 15 is 0 Å². The molecule has 1 saturated heterocycles. The molecule has 144 valence electrons. The number of hydrogen-bond acceptors (Lipinski definition) is 4. The number of nitrogens with zero attached hydrogens (tertiary/aromatic N) is 5. The van der Waals surface area contributed by atoms with Crippen molar-refractivity contribution in [1.82, 2.24) is 24.5 Å². The molecule has 3 heterocycles. The molecule has 2 aromatic heterocycles. The lowest BCUT2D eigenvalue weighted by molar-refractivity contribution is 0.0660. The second-order valence-electron chi connectivity index (χ2n) is 6.69. The van der Waals surface area contributed by atoms with Crippen LogP contribution in [0, 0.1) is 0 Å². The summed E-state index contributed by atoms with van der Waals surface area (Å²) in [6.45, 7) is 1.09. The predicted octanol–water partition coefficient (Wildman–Crippen LogP) is 2.90.